The Kier molecular flexibility index (Phi) is 18.5. The van der Waals surface area contributed by atoms with Crippen LogP contribution in [-0.2, 0) is 49.9 Å². The molecule has 0 amide bonds. The summed E-state index contributed by atoms with van der Waals surface area (Å²) in [6.45, 7) is 17.7. The first kappa shape index (κ1) is 38.8. The van der Waals surface area contributed by atoms with Gasteiger partial charge in [0.25, 0.3) is 0 Å². The minimum Gasteiger partial charge on any atom is -0.383 e. The molecule has 8 unspecified atom stereocenters. The molecule has 0 aliphatic carbocycles. The predicted octanol–water partition coefficient (Wildman–Crippen LogP) is 3.87. The predicted molar refractivity (Wildman–Crippen MR) is 162 cm³/mol. The molecule has 0 fully saturated rings. The van der Waals surface area contributed by atoms with Gasteiger partial charge in [-0.2, -0.15) is 0 Å². The zero-order valence-corrected chi connectivity index (χ0v) is 27.6. The van der Waals surface area contributed by atoms with Gasteiger partial charge in [0.1, 0.15) is 5.60 Å². The Hall–Kier alpha value is -1.18. The van der Waals surface area contributed by atoms with Gasteiger partial charge in [-0.3, -0.25) is 0 Å². The average molecular weight is 603 g/mol. The highest BCUT2D eigenvalue weighted by atomic mass is 16.6. The number of rotatable bonds is 24. The third-order valence-corrected chi connectivity index (χ3v) is 6.48. The maximum Gasteiger partial charge on any atom is 0.167 e. The van der Waals surface area contributed by atoms with Crippen LogP contribution in [0.2, 0.25) is 0 Å². The van der Waals surface area contributed by atoms with Crippen molar-refractivity contribution < 1.29 is 48.1 Å². The zero-order valence-electron chi connectivity index (χ0n) is 27.6. The van der Waals surface area contributed by atoms with E-state index < -0.39 is 11.4 Å². The molecule has 0 aliphatic rings. The van der Waals surface area contributed by atoms with Gasteiger partial charge in [0.2, 0.25) is 0 Å². The lowest BCUT2D eigenvalue weighted by Gasteiger charge is -2.29. The maximum absolute atomic E-state index is 11.0. The van der Waals surface area contributed by atoms with Crippen molar-refractivity contribution in [2.24, 2.45) is 0 Å². The van der Waals surface area contributed by atoms with Crippen LogP contribution in [0.4, 0.5) is 0 Å². The lowest BCUT2D eigenvalue weighted by Crippen LogP contribution is -2.37. The highest BCUT2D eigenvalue weighted by molar-refractivity contribution is 5.27. The highest BCUT2D eigenvalue weighted by Gasteiger charge is 2.27. The van der Waals surface area contributed by atoms with E-state index in [-0.39, 0.29) is 49.7 Å². The summed E-state index contributed by atoms with van der Waals surface area (Å²) in [7, 11) is 3.29. The first-order valence-electron chi connectivity index (χ1n) is 14.9. The van der Waals surface area contributed by atoms with Crippen molar-refractivity contribution in [1.82, 2.24) is 0 Å². The van der Waals surface area contributed by atoms with Crippen molar-refractivity contribution in [3.05, 3.63) is 35.4 Å². The molecule has 0 aliphatic heterocycles. The molecule has 0 spiro atoms. The van der Waals surface area contributed by atoms with Crippen LogP contribution in [0.15, 0.2) is 24.3 Å². The fraction of sp³-hybridized carbons (Fsp3) is 0.812. The zero-order chi connectivity index (χ0) is 31.8. The average Bonchev–Trinajstić information content (AvgIpc) is 2.91. The highest BCUT2D eigenvalue weighted by Crippen LogP contribution is 2.24. The molecule has 0 aromatic heterocycles. The van der Waals surface area contributed by atoms with Gasteiger partial charge in [0.05, 0.1) is 82.9 Å². The van der Waals surface area contributed by atoms with Crippen molar-refractivity contribution in [3.63, 3.8) is 0 Å². The van der Waals surface area contributed by atoms with Gasteiger partial charge in [0, 0.05) is 20.6 Å². The molecule has 0 saturated carbocycles. The van der Waals surface area contributed by atoms with E-state index >= 15 is 0 Å². The summed E-state index contributed by atoms with van der Waals surface area (Å²) < 4.78 is 44.9. The number of hydrogen-bond acceptors (Lipinski definition) is 10. The molecular formula is C32H58O10. The first-order chi connectivity index (χ1) is 19.7. The molecule has 8 atom stereocenters. The Labute approximate surface area is 253 Å². The van der Waals surface area contributed by atoms with Crippen LogP contribution < -0.4 is 0 Å². The summed E-state index contributed by atoms with van der Waals surface area (Å²) in [5.74, 6) is -1.39. The van der Waals surface area contributed by atoms with Crippen LogP contribution in [0.25, 0.3) is 0 Å². The van der Waals surface area contributed by atoms with Gasteiger partial charge in [-0.15, -0.1) is 0 Å². The third kappa shape index (κ3) is 17.2. The van der Waals surface area contributed by atoms with E-state index in [1.54, 1.807) is 28.1 Å². The minimum absolute atomic E-state index is 0.00301. The summed E-state index contributed by atoms with van der Waals surface area (Å²) in [6, 6.07) is 7.44. The van der Waals surface area contributed by atoms with Crippen molar-refractivity contribution in [3.8, 4) is 0 Å². The van der Waals surface area contributed by atoms with E-state index in [4.69, 9.17) is 37.9 Å². The smallest absolute Gasteiger partial charge is 0.167 e. The van der Waals surface area contributed by atoms with Gasteiger partial charge in [-0.25, -0.2) is 0 Å². The van der Waals surface area contributed by atoms with E-state index in [0.29, 0.717) is 45.2 Å². The summed E-state index contributed by atoms with van der Waals surface area (Å²) in [6.07, 6.45) is -0.439. The van der Waals surface area contributed by atoms with E-state index in [9.17, 15) is 10.2 Å². The fourth-order valence-electron chi connectivity index (χ4n) is 4.17. The Balaban J connectivity index is 2.46. The van der Waals surface area contributed by atoms with Crippen LogP contribution in [0.5, 0.6) is 0 Å². The Morgan fingerprint density at radius 2 is 0.952 bits per heavy atom. The van der Waals surface area contributed by atoms with Crippen LogP contribution in [0.1, 0.15) is 66.5 Å². The molecule has 1 aromatic rings. The summed E-state index contributed by atoms with van der Waals surface area (Å²) >= 11 is 0. The molecule has 0 saturated heterocycles. The Morgan fingerprint density at radius 1 is 0.571 bits per heavy atom. The molecule has 1 rings (SSSR count). The molecular weight excluding hydrogens is 544 g/mol. The lowest BCUT2D eigenvalue weighted by atomic mass is 9.94. The second-order valence-electron chi connectivity index (χ2n) is 11.9. The van der Waals surface area contributed by atoms with Gasteiger partial charge in [-0.05, 0) is 66.5 Å². The van der Waals surface area contributed by atoms with Crippen molar-refractivity contribution >= 4 is 0 Å². The van der Waals surface area contributed by atoms with E-state index in [1.807, 2.05) is 65.8 Å². The van der Waals surface area contributed by atoms with E-state index in [0.717, 1.165) is 5.56 Å². The molecule has 1 aromatic carbocycles. The SMILES string of the molecule is COCC(C)OCC(C)OCC(C)OCC(C)(O)c1ccc(CC(C)(O)OC(C)COC(C)COC(C)COC)cc1. The van der Waals surface area contributed by atoms with Crippen molar-refractivity contribution in [2.45, 2.75) is 110 Å². The van der Waals surface area contributed by atoms with Crippen LogP contribution in [0, 0.1) is 0 Å². The molecule has 42 heavy (non-hydrogen) atoms. The van der Waals surface area contributed by atoms with E-state index in [2.05, 4.69) is 0 Å². The number of hydrogen-bond donors (Lipinski definition) is 2. The molecule has 0 radical (unpaired) electrons. The lowest BCUT2D eigenvalue weighted by molar-refractivity contribution is -0.225. The Bertz CT molecular complexity index is 816. The molecule has 10 heteroatoms. The number of methoxy groups -OCH3 is 2. The first-order valence-corrected chi connectivity index (χ1v) is 14.9. The number of ether oxygens (including phenoxy) is 8. The van der Waals surface area contributed by atoms with Crippen molar-refractivity contribution in [2.75, 3.05) is 60.5 Å². The number of benzene rings is 1. The normalized spacial score (nSPS) is 19.3. The summed E-state index contributed by atoms with van der Waals surface area (Å²) in [4.78, 5) is 0. The third-order valence-electron chi connectivity index (χ3n) is 6.48. The topological polar surface area (TPSA) is 114 Å². The minimum atomic E-state index is -1.39. The molecule has 0 bridgehead atoms. The van der Waals surface area contributed by atoms with Crippen LogP contribution >= 0.6 is 0 Å². The van der Waals surface area contributed by atoms with Gasteiger partial charge < -0.3 is 48.1 Å². The molecule has 0 heterocycles. The molecule has 10 nitrogen and oxygen atoms in total. The van der Waals surface area contributed by atoms with E-state index in [1.165, 1.54) is 0 Å². The maximum atomic E-state index is 11.0. The van der Waals surface area contributed by atoms with Gasteiger partial charge >= 0.3 is 0 Å². The van der Waals surface area contributed by atoms with Gasteiger partial charge in [-0.1, -0.05) is 24.3 Å². The van der Waals surface area contributed by atoms with Crippen LogP contribution in [-0.4, -0.2) is 113 Å². The quantitative estimate of drug-likeness (QED) is 0.169. The standard InChI is InChI=1S/C32H58O10/c1-23(16-35-9)37-18-25(3)39-20-27(5)41-22-31(7,33)30-13-11-29(12-14-30)15-32(8,34)42-28(6)21-40-26(4)19-38-24(2)17-36-10/h11-14,23-28,33-34H,15-22H2,1-10H3. The monoisotopic (exact) mass is 602 g/mol. The molecule has 246 valence electrons. The summed E-state index contributed by atoms with van der Waals surface area (Å²) in [5.41, 5.74) is 0.399. The number of aliphatic hydroxyl groups is 2. The van der Waals surface area contributed by atoms with Crippen molar-refractivity contribution in [1.29, 1.82) is 0 Å². The molecule has 2 N–H and O–H groups in total. The summed E-state index contributed by atoms with van der Waals surface area (Å²) in [5, 5.41) is 21.9. The Morgan fingerprint density at radius 3 is 1.38 bits per heavy atom. The fourth-order valence-corrected chi connectivity index (χ4v) is 4.17. The largest absolute Gasteiger partial charge is 0.383 e. The second-order valence-corrected chi connectivity index (χ2v) is 11.9. The van der Waals surface area contributed by atoms with Crippen LogP contribution in [0.3, 0.4) is 0 Å². The second kappa shape index (κ2) is 20.0. The van der Waals surface area contributed by atoms with Gasteiger partial charge in [0.15, 0.2) is 5.79 Å².